The van der Waals surface area contributed by atoms with Crippen LogP contribution in [0, 0.1) is 6.92 Å². The molecule has 0 aliphatic carbocycles. The van der Waals surface area contributed by atoms with E-state index in [1.54, 1.807) is 17.1 Å². The first-order valence-electron chi connectivity index (χ1n) is 7.07. The molecule has 0 radical (unpaired) electrons. The van der Waals surface area contributed by atoms with E-state index in [0.29, 0.717) is 10.6 Å². The minimum Gasteiger partial charge on any atom is -0.321 e. The Kier molecular flexibility index (Phi) is 3.09. The molecule has 6 nitrogen and oxygen atoms in total. The first-order chi connectivity index (χ1) is 11.1. The second-order valence-electron chi connectivity index (χ2n) is 5.25. The molecule has 0 aliphatic heterocycles. The zero-order chi connectivity index (χ0) is 16.0. The van der Waals surface area contributed by atoms with Gasteiger partial charge in [-0.1, -0.05) is 0 Å². The first-order valence-corrected chi connectivity index (χ1v) is 7.89. The molecule has 0 unspecified atom stereocenters. The summed E-state index contributed by atoms with van der Waals surface area (Å²) < 4.78 is 1.80. The van der Waals surface area contributed by atoms with Crippen LogP contribution in [0.15, 0.2) is 36.7 Å². The molecular formula is C16H13N5OS. The Balaban J connectivity index is 1.65. The van der Waals surface area contributed by atoms with Crippen LogP contribution in [-0.4, -0.2) is 25.7 Å². The van der Waals surface area contributed by atoms with E-state index in [1.165, 1.54) is 11.3 Å². The summed E-state index contributed by atoms with van der Waals surface area (Å²) in [6, 6.07) is 7.38. The van der Waals surface area contributed by atoms with Gasteiger partial charge in [-0.2, -0.15) is 5.10 Å². The number of thiophene rings is 1. The van der Waals surface area contributed by atoms with Gasteiger partial charge in [0.2, 0.25) is 0 Å². The highest BCUT2D eigenvalue weighted by Crippen LogP contribution is 2.28. The van der Waals surface area contributed by atoms with Gasteiger partial charge in [0.1, 0.15) is 4.83 Å². The lowest BCUT2D eigenvalue weighted by Gasteiger charge is -2.04. The van der Waals surface area contributed by atoms with Gasteiger partial charge in [0, 0.05) is 30.5 Å². The average molecular weight is 323 g/mol. The number of aromatic nitrogens is 4. The summed E-state index contributed by atoms with van der Waals surface area (Å²) in [6.45, 7) is 1.94. The van der Waals surface area contributed by atoms with Crippen molar-refractivity contribution in [1.82, 2.24) is 19.7 Å². The van der Waals surface area contributed by atoms with E-state index in [1.807, 2.05) is 38.2 Å². The predicted octanol–water partition coefficient (Wildman–Crippen LogP) is 3.14. The molecule has 1 N–H and O–H groups in total. The average Bonchev–Trinajstić information content (AvgIpc) is 3.09. The molecule has 0 bridgehead atoms. The van der Waals surface area contributed by atoms with E-state index in [0.717, 1.165) is 26.9 Å². The van der Waals surface area contributed by atoms with Crippen LogP contribution in [-0.2, 0) is 7.05 Å². The molecule has 0 saturated heterocycles. The highest BCUT2D eigenvalue weighted by atomic mass is 32.1. The van der Waals surface area contributed by atoms with Crippen LogP contribution in [0.1, 0.15) is 15.4 Å². The summed E-state index contributed by atoms with van der Waals surface area (Å²) in [5.41, 5.74) is 3.19. The molecule has 114 valence electrons. The number of aryl methyl sites for hydroxylation is 2. The Morgan fingerprint density at radius 1 is 1.17 bits per heavy atom. The minimum absolute atomic E-state index is 0.131. The number of fused-ring (bicyclic) bond motifs is 2. The van der Waals surface area contributed by atoms with Gasteiger partial charge in [0.25, 0.3) is 5.91 Å². The molecular weight excluding hydrogens is 310 g/mol. The van der Waals surface area contributed by atoms with Crippen LogP contribution in [0.5, 0.6) is 0 Å². The van der Waals surface area contributed by atoms with Gasteiger partial charge in [0.15, 0.2) is 0 Å². The summed E-state index contributed by atoms with van der Waals surface area (Å²) in [7, 11) is 1.88. The van der Waals surface area contributed by atoms with Crippen molar-refractivity contribution in [3.8, 4) is 0 Å². The van der Waals surface area contributed by atoms with E-state index in [9.17, 15) is 4.79 Å². The Bertz CT molecular complexity index is 1010. The fourth-order valence-corrected chi connectivity index (χ4v) is 3.57. The summed E-state index contributed by atoms with van der Waals surface area (Å²) in [4.78, 5) is 22.6. The number of hydrogen-bond acceptors (Lipinski definition) is 5. The topological polar surface area (TPSA) is 72.7 Å². The molecule has 4 aromatic rings. The Morgan fingerprint density at radius 3 is 2.74 bits per heavy atom. The first kappa shape index (κ1) is 13.8. The van der Waals surface area contributed by atoms with E-state index in [4.69, 9.17) is 0 Å². The molecule has 0 spiro atoms. The van der Waals surface area contributed by atoms with Gasteiger partial charge in [-0.3, -0.25) is 19.4 Å². The van der Waals surface area contributed by atoms with E-state index in [2.05, 4.69) is 20.4 Å². The standard InChI is InChI=1S/C16H13N5OS/c1-9-11-8-14(23-16(11)21(2)20-9)15(22)19-10-3-4-12-13(7-10)18-6-5-17-12/h3-8H,1-2H3,(H,19,22). The predicted molar refractivity (Wildman–Crippen MR) is 90.8 cm³/mol. The maximum atomic E-state index is 12.5. The number of nitrogens with one attached hydrogen (secondary N) is 1. The Morgan fingerprint density at radius 2 is 1.96 bits per heavy atom. The zero-order valence-electron chi connectivity index (χ0n) is 12.6. The molecule has 0 aliphatic rings. The molecule has 1 aromatic carbocycles. The lowest BCUT2D eigenvalue weighted by molar-refractivity contribution is 0.103. The molecule has 1 amide bonds. The van der Waals surface area contributed by atoms with Crippen LogP contribution in [0.2, 0.25) is 0 Å². The third-order valence-electron chi connectivity index (χ3n) is 3.65. The monoisotopic (exact) mass is 323 g/mol. The largest absolute Gasteiger partial charge is 0.321 e. The number of amides is 1. The molecule has 3 heterocycles. The molecule has 0 saturated carbocycles. The van der Waals surface area contributed by atoms with Crippen molar-refractivity contribution >= 4 is 44.2 Å². The van der Waals surface area contributed by atoms with Gasteiger partial charge < -0.3 is 5.32 Å². The van der Waals surface area contributed by atoms with Crippen molar-refractivity contribution in [3.05, 3.63) is 47.2 Å². The molecule has 0 fully saturated rings. The summed E-state index contributed by atoms with van der Waals surface area (Å²) >= 11 is 1.44. The Hall–Kier alpha value is -2.80. The number of anilines is 1. The van der Waals surface area contributed by atoms with Gasteiger partial charge >= 0.3 is 0 Å². The third-order valence-corrected chi connectivity index (χ3v) is 4.85. The summed E-state index contributed by atoms with van der Waals surface area (Å²) in [6.07, 6.45) is 3.28. The van der Waals surface area contributed by atoms with Crippen molar-refractivity contribution in [3.63, 3.8) is 0 Å². The van der Waals surface area contributed by atoms with E-state index >= 15 is 0 Å². The molecule has 3 aromatic heterocycles. The van der Waals surface area contributed by atoms with Crippen LogP contribution in [0.4, 0.5) is 5.69 Å². The zero-order valence-corrected chi connectivity index (χ0v) is 13.4. The normalized spacial score (nSPS) is 11.2. The fourth-order valence-electron chi connectivity index (χ4n) is 2.55. The molecule has 23 heavy (non-hydrogen) atoms. The number of nitrogens with zero attached hydrogens (tertiary/aromatic N) is 4. The van der Waals surface area contributed by atoms with Crippen molar-refractivity contribution in [2.24, 2.45) is 7.05 Å². The van der Waals surface area contributed by atoms with Crippen LogP contribution in [0.3, 0.4) is 0 Å². The van der Waals surface area contributed by atoms with Crippen molar-refractivity contribution in [1.29, 1.82) is 0 Å². The van der Waals surface area contributed by atoms with Gasteiger partial charge in [0.05, 0.1) is 21.6 Å². The Labute approximate surface area is 135 Å². The van der Waals surface area contributed by atoms with Crippen molar-refractivity contribution in [2.75, 3.05) is 5.32 Å². The second-order valence-corrected chi connectivity index (χ2v) is 6.28. The van der Waals surface area contributed by atoms with Crippen molar-refractivity contribution < 1.29 is 4.79 Å². The number of benzene rings is 1. The summed E-state index contributed by atoms with van der Waals surface area (Å²) in [5.74, 6) is -0.131. The number of carbonyl (C=O) groups is 1. The maximum Gasteiger partial charge on any atom is 0.265 e. The van der Waals surface area contributed by atoms with Gasteiger partial charge in [-0.15, -0.1) is 11.3 Å². The highest BCUT2D eigenvalue weighted by molar-refractivity contribution is 7.20. The smallest absolute Gasteiger partial charge is 0.265 e. The van der Waals surface area contributed by atoms with Crippen LogP contribution >= 0.6 is 11.3 Å². The van der Waals surface area contributed by atoms with Crippen molar-refractivity contribution in [2.45, 2.75) is 6.92 Å². The van der Waals surface area contributed by atoms with Crippen LogP contribution in [0.25, 0.3) is 21.3 Å². The maximum absolute atomic E-state index is 12.5. The lowest BCUT2D eigenvalue weighted by Crippen LogP contribution is -2.10. The fraction of sp³-hybridized carbons (Fsp3) is 0.125. The third kappa shape index (κ3) is 2.35. The highest BCUT2D eigenvalue weighted by Gasteiger charge is 2.15. The SMILES string of the molecule is Cc1nn(C)c2sc(C(=O)Nc3ccc4nccnc4c3)cc12. The lowest BCUT2D eigenvalue weighted by atomic mass is 10.2. The van der Waals surface area contributed by atoms with Crippen LogP contribution < -0.4 is 5.32 Å². The van der Waals surface area contributed by atoms with Gasteiger partial charge in [-0.25, -0.2) is 0 Å². The quantitative estimate of drug-likeness (QED) is 0.615. The molecule has 0 atom stereocenters. The second kappa shape index (κ2) is 5.13. The number of rotatable bonds is 2. The van der Waals surface area contributed by atoms with Gasteiger partial charge in [-0.05, 0) is 31.2 Å². The summed E-state index contributed by atoms with van der Waals surface area (Å²) in [5, 5.41) is 8.28. The number of hydrogen-bond donors (Lipinski definition) is 1. The number of carbonyl (C=O) groups excluding carboxylic acids is 1. The minimum atomic E-state index is -0.131. The van der Waals surface area contributed by atoms with E-state index in [-0.39, 0.29) is 5.91 Å². The molecule has 4 rings (SSSR count). The molecule has 7 heteroatoms. The van der Waals surface area contributed by atoms with E-state index < -0.39 is 0 Å².